The summed E-state index contributed by atoms with van der Waals surface area (Å²) in [4.78, 5) is 10.8. The van der Waals surface area contributed by atoms with Gasteiger partial charge in [0.25, 0.3) is 0 Å². The van der Waals surface area contributed by atoms with E-state index in [4.69, 9.17) is 0 Å². The van der Waals surface area contributed by atoms with Gasteiger partial charge in [0.1, 0.15) is 6.33 Å². The molecule has 4 nitrogen and oxygen atoms in total. The topological polar surface area (TPSA) is 47.8 Å². The molecule has 1 rings (SSSR count). The van der Waals surface area contributed by atoms with Crippen LogP contribution in [0.3, 0.4) is 0 Å². The molecule has 0 unspecified atom stereocenters. The van der Waals surface area contributed by atoms with E-state index in [2.05, 4.69) is 10.2 Å². The Hall–Kier alpha value is -1.19. The minimum absolute atomic E-state index is 0.0423. The quantitative estimate of drug-likeness (QED) is 0.560. The summed E-state index contributed by atoms with van der Waals surface area (Å²) in [6, 6.07) is 0. The molecule has 0 atom stereocenters. The van der Waals surface area contributed by atoms with Crippen molar-refractivity contribution in [1.29, 1.82) is 0 Å². The third-order valence-corrected chi connectivity index (χ3v) is 1.27. The maximum Gasteiger partial charge on any atom is 0.199 e. The average Bonchev–Trinajstić information content (AvgIpc) is 2.33. The fourth-order valence-electron chi connectivity index (χ4n) is 0.759. The van der Waals surface area contributed by atoms with Gasteiger partial charge in [0.2, 0.25) is 0 Å². The third kappa shape index (κ3) is 1.05. The second-order valence-electron chi connectivity index (χ2n) is 2.00. The van der Waals surface area contributed by atoms with Crippen LogP contribution in [0.15, 0.2) is 6.33 Å². The van der Waals surface area contributed by atoms with Crippen molar-refractivity contribution in [2.45, 2.75) is 20.4 Å². The number of rotatable bonds is 2. The highest BCUT2D eigenvalue weighted by Crippen LogP contribution is 1.94. The minimum Gasteiger partial charge on any atom is -0.311 e. The second-order valence-corrected chi connectivity index (χ2v) is 2.00. The Kier molecular flexibility index (Phi) is 1.80. The summed E-state index contributed by atoms with van der Waals surface area (Å²) in [5.74, 6) is 0.391. The van der Waals surface area contributed by atoms with Crippen LogP contribution in [0.4, 0.5) is 0 Å². The number of hydrogen-bond acceptors (Lipinski definition) is 3. The standard InChI is InChI=1S/C6H9N3O/c1-3-9-4-7-8-6(9)5(2)10/h4H,3H2,1-2H3. The number of nitrogens with zero attached hydrogens (tertiary/aromatic N) is 3. The molecule has 0 radical (unpaired) electrons. The Bertz CT molecular complexity index is 241. The van der Waals surface area contributed by atoms with Crippen molar-refractivity contribution in [3.8, 4) is 0 Å². The molecule has 0 aliphatic rings. The molecule has 0 spiro atoms. The Morgan fingerprint density at radius 2 is 2.50 bits per heavy atom. The molecule has 0 fully saturated rings. The van der Waals surface area contributed by atoms with Crippen molar-refractivity contribution in [1.82, 2.24) is 14.8 Å². The number of aromatic nitrogens is 3. The summed E-state index contributed by atoms with van der Waals surface area (Å²) >= 11 is 0. The highest BCUT2D eigenvalue weighted by molar-refractivity contribution is 5.90. The van der Waals surface area contributed by atoms with Crippen LogP contribution in [-0.2, 0) is 6.54 Å². The molecule has 0 amide bonds. The number of Topliss-reactive ketones (excluding diaryl/α,β-unsaturated/α-hetero) is 1. The Labute approximate surface area is 58.9 Å². The fourth-order valence-corrected chi connectivity index (χ4v) is 0.759. The summed E-state index contributed by atoms with van der Waals surface area (Å²) in [7, 11) is 0. The van der Waals surface area contributed by atoms with Crippen molar-refractivity contribution in [2.24, 2.45) is 0 Å². The van der Waals surface area contributed by atoms with E-state index in [1.54, 1.807) is 10.9 Å². The smallest absolute Gasteiger partial charge is 0.199 e. The lowest BCUT2D eigenvalue weighted by Crippen LogP contribution is -2.05. The Morgan fingerprint density at radius 1 is 1.80 bits per heavy atom. The molecule has 10 heavy (non-hydrogen) atoms. The fraction of sp³-hybridized carbons (Fsp3) is 0.500. The Balaban J connectivity index is 3.01. The highest BCUT2D eigenvalue weighted by Gasteiger charge is 2.05. The molecule has 1 aromatic heterocycles. The van der Waals surface area contributed by atoms with E-state index in [0.29, 0.717) is 5.82 Å². The van der Waals surface area contributed by atoms with E-state index >= 15 is 0 Å². The van der Waals surface area contributed by atoms with E-state index < -0.39 is 0 Å². The molecule has 4 heteroatoms. The van der Waals surface area contributed by atoms with Gasteiger partial charge in [0.15, 0.2) is 11.6 Å². The summed E-state index contributed by atoms with van der Waals surface area (Å²) < 4.78 is 1.71. The lowest BCUT2D eigenvalue weighted by Gasteiger charge is -1.96. The largest absolute Gasteiger partial charge is 0.311 e. The zero-order valence-corrected chi connectivity index (χ0v) is 6.03. The van der Waals surface area contributed by atoms with Gasteiger partial charge < -0.3 is 4.57 Å². The van der Waals surface area contributed by atoms with Crippen LogP contribution in [0.25, 0.3) is 0 Å². The molecule has 0 N–H and O–H groups in total. The summed E-state index contributed by atoms with van der Waals surface area (Å²) in [6.07, 6.45) is 1.55. The van der Waals surface area contributed by atoms with Crippen LogP contribution in [0, 0.1) is 0 Å². The first kappa shape index (κ1) is 6.92. The summed E-state index contributed by atoms with van der Waals surface area (Å²) in [5, 5.41) is 7.26. The van der Waals surface area contributed by atoms with Gasteiger partial charge in [-0.2, -0.15) is 0 Å². The molecular formula is C6H9N3O. The van der Waals surface area contributed by atoms with Gasteiger partial charge in [-0.25, -0.2) is 0 Å². The molecule has 0 aliphatic heterocycles. The number of carbonyl (C=O) groups excluding carboxylic acids is 1. The number of aryl methyl sites for hydroxylation is 1. The van der Waals surface area contributed by atoms with Crippen molar-refractivity contribution in [3.05, 3.63) is 12.2 Å². The van der Waals surface area contributed by atoms with E-state index in [1.165, 1.54) is 6.92 Å². The molecular weight excluding hydrogens is 130 g/mol. The predicted octanol–water partition coefficient (Wildman–Crippen LogP) is 0.501. The van der Waals surface area contributed by atoms with Crippen LogP contribution >= 0.6 is 0 Å². The first-order valence-electron chi connectivity index (χ1n) is 3.14. The van der Waals surface area contributed by atoms with Crippen molar-refractivity contribution >= 4 is 5.78 Å². The van der Waals surface area contributed by atoms with Crippen molar-refractivity contribution < 1.29 is 4.79 Å². The molecule has 54 valence electrons. The maximum absolute atomic E-state index is 10.8. The van der Waals surface area contributed by atoms with Crippen molar-refractivity contribution in [2.75, 3.05) is 0 Å². The molecule has 0 saturated carbocycles. The van der Waals surface area contributed by atoms with Gasteiger partial charge in [0.05, 0.1) is 0 Å². The summed E-state index contributed by atoms with van der Waals surface area (Å²) in [5.41, 5.74) is 0. The van der Waals surface area contributed by atoms with Gasteiger partial charge >= 0.3 is 0 Å². The van der Waals surface area contributed by atoms with Gasteiger partial charge in [-0.15, -0.1) is 10.2 Å². The van der Waals surface area contributed by atoms with Crippen LogP contribution in [0.5, 0.6) is 0 Å². The SMILES string of the molecule is CCn1cnnc1C(C)=O. The van der Waals surface area contributed by atoms with E-state index in [-0.39, 0.29) is 5.78 Å². The summed E-state index contributed by atoms with van der Waals surface area (Å²) in [6.45, 7) is 4.16. The van der Waals surface area contributed by atoms with Crippen LogP contribution in [-0.4, -0.2) is 20.5 Å². The average molecular weight is 139 g/mol. The van der Waals surface area contributed by atoms with Crippen LogP contribution < -0.4 is 0 Å². The zero-order valence-electron chi connectivity index (χ0n) is 6.03. The lowest BCUT2D eigenvalue weighted by atomic mass is 10.4. The van der Waals surface area contributed by atoms with Crippen LogP contribution in [0.1, 0.15) is 24.5 Å². The minimum atomic E-state index is -0.0423. The van der Waals surface area contributed by atoms with Crippen LogP contribution in [0.2, 0.25) is 0 Å². The first-order chi connectivity index (χ1) is 4.75. The van der Waals surface area contributed by atoms with E-state index in [9.17, 15) is 4.79 Å². The zero-order chi connectivity index (χ0) is 7.56. The molecule has 1 aromatic rings. The molecule has 0 bridgehead atoms. The Morgan fingerprint density at radius 3 is 2.90 bits per heavy atom. The number of ketones is 1. The van der Waals surface area contributed by atoms with Crippen molar-refractivity contribution in [3.63, 3.8) is 0 Å². The van der Waals surface area contributed by atoms with E-state index in [0.717, 1.165) is 6.54 Å². The third-order valence-electron chi connectivity index (χ3n) is 1.27. The van der Waals surface area contributed by atoms with Gasteiger partial charge in [-0.1, -0.05) is 0 Å². The molecule has 1 heterocycles. The highest BCUT2D eigenvalue weighted by atomic mass is 16.1. The normalized spacial score (nSPS) is 9.80. The van der Waals surface area contributed by atoms with E-state index in [1.807, 2.05) is 6.92 Å². The lowest BCUT2D eigenvalue weighted by molar-refractivity contribution is 0.0999. The monoisotopic (exact) mass is 139 g/mol. The van der Waals surface area contributed by atoms with Gasteiger partial charge in [-0.05, 0) is 6.92 Å². The maximum atomic E-state index is 10.8. The molecule has 0 aliphatic carbocycles. The second kappa shape index (κ2) is 2.60. The predicted molar refractivity (Wildman–Crippen MR) is 35.7 cm³/mol. The first-order valence-corrected chi connectivity index (χ1v) is 3.14. The number of hydrogen-bond donors (Lipinski definition) is 0. The number of carbonyl (C=O) groups is 1. The van der Waals surface area contributed by atoms with Gasteiger partial charge in [-0.3, -0.25) is 4.79 Å². The molecule has 0 saturated heterocycles. The van der Waals surface area contributed by atoms with Gasteiger partial charge in [0, 0.05) is 13.5 Å². The molecule has 0 aromatic carbocycles.